The molecule has 1 heterocycles. The molecule has 0 atom stereocenters. The number of nitrogens with one attached hydrogen (secondary N) is 1. The molecule has 0 unspecified atom stereocenters. The average molecular weight is 284 g/mol. The zero-order chi connectivity index (χ0) is 15.2. The number of carbonyl (C=O) groups excluding carboxylic acids is 1. The monoisotopic (exact) mass is 284 g/mol. The van der Waals surface area contributed by atoms with Gasteiger partial charge in [-0.1, -0.05) is 43.3 Å². The fourth-order valence-corrected chi connectivity index (χ4v) is 1.90. The predicted molar refractivity (Wildman–Crippen MR) is 82.7 cm³/mol. The van der Waals surface area contributed by atoms with Crippen molar-refractivity contribution in [2.45, 2.75) is 33.2 Å². The third kappa shape index (κ3) is 4.60. The molecule has 4 nitrogen and oxygen atoms in total. The quantitative estimate of drug-likeness (QED) is 0.856. The summed E-state index contributed by atoms with van der Waals surface area (Å²) in [6.45, 7) is 6.50. The van der Waals surface area contributed by atoms with Crippen molar-refractivity contribution >= 4 is 12.0 Å². The lowest BCUT2D eigenvalue weighted by Gasteiger charge is -2.04. The molecule has 1 N–H and O–H groups in total. The maximum atomic E-state index is 11.7. The van der Waals surface area contributed by atoms with Gasteiger partial charge in [0.1, 0.15) is 11.5 Å². The first kappa shape index (κ1) is 15.0. The van der Waals surface area contributed by atoms with Crippen LogP contribution in [0.1, 0.15) is 42.3 Å². The number of aromatic nitrogens is 1. The Labute approximate surface area is 124 Å². The highest BCUT2D eigenvalue weighted by Gasteiger charge is 2.02. The highest BCUT2D eigenvalue weighted by Crippen LogP contribution is 2.15. The van der Waals surface area contributed by atoms with E-state index >= 15 is 0 Å². The van der Waals surface area contributed by atoms with Crippen molar-refractivity contribution in [3.8, 4) is 0 Å². The van der Waals surface area contributed by atoms with Crippen LogP contribution < -0.4 is 5.32 Å². The summed E-state index contributed by atoms with van der Waals surface area (Å²) in [4.78, 5) is 11.7. The lowest BCUT2D eigenvalue weighted by molar-refractivity contribution is -0.116. The molecule has 0 aliphatic rings. The Bertz CT molecular complexity index is 624. The average Bonchev–Trinajstić information content (AvgIpc) is 2.89. The third-order valence-corrected chi connectivity index (χ3v) is 3.15. The Morgan fingerprint density at radius 3 is 2.62 bits per heavy atom. The Morgan fingerprint density at radius 1 is 1.33 bits per heavy atom. The van der Waals surface area contributed by atoms with E-state index in [1.165, 1.54) is 11.6 Å². The van der Waals surface area contributed by atoms with E-state index in [0.29, 0.717) is 12.5 Å². The molecule has 0 saturated carbocycles. The van der Waals surface area contributed by atoms with Gasteiger partial charge in [-0.25, -0.2) is 0 Å². The van der Waals surface area contributed by atoms with Gasteiger partial charge in [-0.2, -0.15) is 0 Å². The molecule has 0 aliphatic heterocycles. The number of amides is 1. The lowest BCUT2D eigenvalue weighted by atomic mass is 10.0. The Balaban J connectivity index is 1.86. The van der Waals surface area contributed by atoms with Gasteiger partial charge in [0.25, 0.3) is 0 Å². The molecule has 0 aliphatic carbocycles. The number of carbonyl (C=O) groups is 1. The van der Waals surface area contributed by atoms with Crippen LogP contribution in [0.25, 0.3) is 6.08 Å². The zero-order valence-electron chi connectivity index (χ0n) is 12.6. The molecule has 21 heavy (non-hydrogen) atoms. The first-order valence-corrected chi connectivity index (χ1v) is 7.02. The molecule has 1 aromatic heterocycles. The third-order valence-electron chi connectivity index (χ3n) is 3.15. The number of rotatable bonds is 5. The Kier molecular flexibility index (Phi) is 4.93. The summed E-state index contributed by atoms with van der Waals surface area (Å²) in [7, 11) is 0. The maximum Gasteiger partial charge on any atom is 0.244 e. The molecule has 2 rings (SSSR count). The van der Waals surface area contributed by atoms with Crippen molar-refractivity contribution in [3.05, 3.63) is 59.0 Å². The summed E-state index contributed by atoms with van der Waals surface area (Å²) in [5.74, 6) is 1.10. The fraction of sp³-hybridized carbons (Fsp3) is 0.294. The Morgan fingerprint density at radius 2 is 2.05 bits per heavy atom. The first-order chi connectivity index (χ1) is 10.0. The SMILES string of the molecule is Cc1cc(CNC(=O)/C=C/c2ccc(C(C)C)cc2)no1. The second-order valence-corrected chi connectivity index (χ2v) is 5.30. The van der Waals surface area contributed by atoms with Crippen LogP contribution in [0.5, 0.6) is 0 Å². The summed E-state index contributed by atoms with van der Waals surface area (Å²) < 4.78 is 4.94. The number of aryl methyl sites for hydroxylation is 1. The summed E-state index contributed by atoms with van der Waals surface area (Å²) in [5, 5.41) is 6.58. The predicted octanol–water partition coefficient (Wildman–Crippen LogP) is 3.44. The van der Waals surface area contributed by atoms with E-state index in [4.69, 9.17) is 4.52 Å². The molecule has 1 amide bonds. The smallest absolute Gasteiger partial charge is 0.244 e. The molecular weight excluding hydrogens is 264 g/mol. The van der Waals surface area contributed by atoms with Crippen LogP contribution in [-0.4, -0.2) is 11.1 Å². The molecule has 1 aromatic carbocycles. The molecule has 0 spiro atoms. The van der Waals surface area contributed by atoms with Crippen molar-refractivity contribution in [2.24, 2.45) is 0 Å². The van der Waals surface area contributed by atoms with Gasteiger partial charge >= 0.3 is 0 Å². The van der Waals surface area contributed by atoms with Crippen LogP contribution in [0.2, 0.25) is 0 Å². The topological polar surface area (TPSA) is 55.1 Å². The minimum Gasteiger partial charge on any atom is -0.361 e. The van der Waals surface area contributed by atoms with Crippen LogP contribution >= 0.6 is 0 Å². The van der Waals surface area contributed by atoms with Gasteiger partial charge in [-0.3, -0.25) is 4.79 Å². The van der Waals surface area contributed by atoms with Gasteiger partial charge in [0.15, 0.2) is 0 Å². The minimum absolute atomic E-state index is 0.149. The number of nitrogens with zero attached hydrogens (tertiary/aromatic N) is 1. The Hall–Kier alpha value is -2.36. The van der Waals surface area contributed by atoms with Crippen LogP contribution in [-0.2, 0) is 11.3 Å². The van der Waals surface area contributed by atoms with Gasteiger partial charge in [0.05, 0.1) is 6.54 Å². The van der Waals surface area contributed by atoms with E-state index in [0.717, 1.165) is 17.0 Å². The van der Waals surface area contributed by atoms with Crippen molar-refractivity contribution in [1.82, 2.24) is 10.5 Å². The van der Waals surface area contributed by atoms with Gasteiger partial charge in [0, 0.05) is 12.1 Å². The van der Waals surface area contributed by atoms with Crippen molar-refractivity contribution in [2.75, 3.05) is 0 Å². The van der Waals surface area contributed by atoms with E-state index in [-0.39, 0.29) is 5.91 Å². The largest absolute Gasteiger partial charge is 0.361 e. The van der Waals surface area contributed by atoms with Gasteiger partial charge in [-0.05, 0) is 30.0 Å². The molecule has 2 aromatic rings. The van der Waals surface area contributed by atoms with E-state index in [9.17, 15) is 4.79 Å². The van der Waals surface area contributed by atoms with Crippen LogP contribution in [0.4, 0.5) is 0 Å². The molecule has 0 radical (unpaired) electrons. The van der Waals surface area contributed by atoms with Crippen LogP contribution in [0.15, 0.2) is 40.9 Å². The van der Waals surface area contributed by atoms with Gasteiger partial charge < -0.3 is 9.84 Å². The van der Waals surface area contributed by atoms with Gasteiger partial charge in [0.2, 0.25) is 5.91 Å². The lowest BCUT2D eigenvalue weighted by Crippen LogP contribution is -2.20. The molecule has 110 valence electrons. The molecule has 0 saturated heterocycles. The first-order valence-electron chi connectivity index (χ1n) is 7.02. The molecule has 0 bridgehead atoms. The molecular formula is C17H20N2O2. The summed E-state index contributed by atoms with van der Waals surface area (Å²) >= 11 is 0. The highest BCUT2D eigenvalue weighted by molar-refractivity contribution is 5.91. The zero-order valence-corrected chi connectivity index (χ0v) is 12.6. The summed E-state index contributed by atoms with van der Waals surface area (Å²) in [6, 6.07) is 10.00. The standard InChI is InChI=1S/C17H20N2O2/c1-12(2)15-7-4-14(5-8-15)6-9-17(20)18-11-16-10-13(3)21-19-16/h4-10,12H,11H2,1-3H3,(H,18,20)/b9-6+. The fourth-order valence-electron chi connectivity index (χ4n) is 1.90. The van der Waals surface area contributed by atoms with Crippen molar-refractivity contribution < 1.29 is 9.32 Å². The maximum absolute atomic E-state index is 11.7. The summed E-state index contributed by atoms with van der Waals surface area (Å²) in [6.07, 6.45) is 3.32. The van der Waals surface area contributed by atoms with Crippen molar-refractivity contribution in [1.29, 1.82) is 0 Å². The second-order valence-electron chi connectivity index (χ2n) is 5.30. The van der Waals surface area contributed by atoms with Crippen molar-refractivity contribution in [3.63, 3.8) is 0 Å². The molecule has 0 fully saturated rings. The van der Waals surface area contributed by atoms with E-state index in [1.807, 2.05) is 19.1 Å². The highest BCUT2D eigenvalue weighted by atomic mass is 16.5. The number of benzene rings is 1. The van der Waals surface area contributed by atoms with Gasteiger partial charge in [-0.15, -0.1) is 0 Å². The summed E-state index contributed by atoms with van der Waals surface area (Å²) in [5.41, 5.74) is 3.01. The number of hydrogen-bond donors (Lipinski definition) is 1. The van der Waals surface area contributed by atoms with Crippen LogP contribution in [0.3, 0.4) is 0 Å². The second kappa shape index (κ2) is 6.88. The molecule has 4 heteroatoms. The normalized spacial score (nSPS) is 11.2. The minimum atomic E-state index is -0.149. The van der Waals surface area contributed by atoms with E-state index in [2.05, 4.69) is 36.5 Å². The van der Waals surface area contributed by atoms with Crippen LogP contribution in [0, 0.1) is 6.92 Å². The van der Waals surface area contributed by atoms with E-state index < -0.39 is 0 Å². The van der Waals surface area contributed by atoms with E-state index in [1.54, 1.807) is 12.1 Å². The number of hydrogen-bond acceptors (Lipinski definition) is 3.